The van der Waals surface area contributed by atoms with Crippen LogP contribution in [0.3, 0.4) is 0 Å². The third-order valence-corrected chi connectivity index (χ3v) is 2.86. The summed E-state index contributed by atoms with van der Waals surface area (Å²) < 4.78 is 0. The lowest BCUT2D eigenvalue weighted by Gasteiger charge is -2.02. The van der Waals surface area contributed by atoms with E-state index in [1.807, 2.05) is 31.2 Å². The average Bonchev–Trinajstić information content (AvgIpc) is 2.89. The predicted octanol–water partition coefficient (Wildman–Crippen LogP) is 2.55. The van der Waals surface area contributed by atoms with Crippen LogP contribution in [0, 0.1) is 6.92 Å². The minimum atomic E-state index is 0.230. The Labute approximate surface area is 110 Å². The van der Waals surface area contributed by atoms with E-state index in [1.165, 1.54) is 0 Å². The van der Waals surface area contributed by atoms with Gasteiger partial charge in [-0.25, -0.2) is 0 Å². The van der Waals surface area contributed by atoms with E-state index in [9.17, 15) is 5.11 Å². The fourth-order valence-corrected chi connectivity index (χ4v) is 1.95. The fourth-order valence-electron chi connectivity index (χ4n) is 1.95. The van der Waals surface area contributed by atoms with E-state index in [0.29, 0.717) is 0 Å². The van der Waals surface area contributed by atoms with E-state index in [1.54, 1.807) is 18.3 Å². The summed E-state index contributed by atoms with van der Waals surface area (Å²) in [5.41, 5.74) is 4.32. The largest absolute Gasteiger partial charge is 0.508 e. The molecule has 94 valence electrons. The number of aromatic nitrogens is 4. The lowest BCUT2D eigenvalue weighted by Crippen LogP contribution is -1.86. The highest BCUT2D eigenvalue weighted by Gasteiger charge is 2.12. The lowest BCUT2D eigenvalue weighted by atomic mass is 10.1. The predicted molar refractivity (Wildman–Crippen MR) is 71.5 cm³/mol. The van der Waals surface area contributed by atoms with Gasteiger partial charge in [-0.1, -0.05) is 0 Å². The number of H-pyrrole nitrogens is 1. The molecule has 1 aromatic carbocycles. The lowest BCUT2D eigenvalue weighted by molar-refractivity contribution is 0.475. The molecule has 0 fully saturated rings. The minimum Gasteiger partial charge on any atom is -0.508 e. The van der Waals surface area contributed by atoms with Crippen LogP contribution >= 0.6 is 0 Å². The number of aryl methyl sites for hydroxylation is 1. The monoisotopic (exact) mass is 252 g/mol. The van der Waals surface area contributed by atoms with E-state index in [0.717, 1.165) is 28.2 Å². The van der Waals surface area contributed by atoms with E-state index in [2.05, 4.69) is 20.4 Å². The Bertz CT molecular complexity index is 703. The van der Waals surface area contributed by atoms with Crippen molar-refractivity contribution in [2.24, 2.45) is 0 Å². The summed E-state index contributed by atoms with van der Waals surface area (Å²) in [5.74, 6) is 0.230. The van der Waals surface area contributed by atoms with Crippen LogP contribution in [0.5, 0.6) is 5.75 Å². The first-order chi connectivity index (χ1) is 9.24. The van der Waals surface area contributed by atoms with Crippen LogP contribution < -0.4 is 0 Å². The van der Waals surface area contributed by atoms with Gasteiger partial charge in [-0.3, -0.25) is 4.98 Å². The summed E-state index contributed by atoms with van der Waals surface area (Å²) in [4.78, 5) is 4.17. The standard InChI is InChI=1S/C14H12N4O/c1-9-8-11(6-7-15-9)14-13(16-18-17-14)10-2-4-12(19)5-3-10/h2-8,19H,1H3,(H,16,17,18). The number of rotatable bonds is 2. The smallest absolute Gasteiger partial charge is 0.120 e. The van der Waals surface area contributed by atoms with Gasteiger partial charge in [0.1, 0.15) is 17.1 Å². The molecule has 3 aromatic rings. The van der Waals surface area contributed by atoms with E-state index in [4.69, 9.17) is 0 Å². The van der Waals surface area contributed by atoms with Crippen molar-refractivity contribution in [3.05, 3.63) is 48.3 Å². The van der Waals surface area contributed by atoms with Crippen LogP contribution in [0.2, 0.25) is 0 Å². The Kier molecular flexibility index (Phi) is 2.72. The van der Waals surface area contributed by atoms with Crippen LogP contribution in [0.4, 0.5) is 0 Å². The van der Waals surface area contributed by atoms with Crippen LogP contribution in [-0.4, -0.2) is 25.5 Å². The molecule has 3 rings (SSSR count). The van der Waals surface area contributed by atoms with Crippen molar-refractivity contribution in [2.45, 2.75) is 6.92 Å². The highest BCUT2D eigenvalue weighted by molar-refractivity contribution is 5.77. The SMILES string of the molecule is Cc1cc(-c2n[nH]nc2-c2ccc(O)cc2)ccn1. The highest BCUT2D eigenvalue weighted by atomic mass is 16.3. The number of benzene rings is 1. The normalized spacial score (nSPS) is 10.6. The van der Waals surface area contributed by atoms with Crippen molar-refractivity contribution in [1.82, 2.24) is 20.4 Å². The second kappa shape index (κ2) is 4.53. The molecule has 0 aliphatic carbocycles. The van der Waals surface area contributed by atoms with E-state index in [-0.39, 0.29) is 5.75 Å². The molecule has 0 saturated carbocycles. The molecule has 19 heavy (non-hydrogen) atoms. The van der Waals surface area contributed by atoms with E-state index < -0.39 is 0 Å². The van der Waals surface area contributed by atoms with Crippen LogP contribution in [-0.2, 0) is 0 Å². The Balaban J connectivity index is 2.10. The zero-order chi connectivity index (χ0) is 13.2. The first-order valence-electron chi connectivity index (χ1n) is 5.87. The van der Waals surface area contributed by atoms with Crippen molar-refractivity contribution in [3.63, 3.8) is 0 Å². The Morgan fingerprint density at radius 3 is 2.32 bits per heavy atom. The number of hydrogen-bond donors (Lipinski definition) is 2. The van der Waals surface area contributed by atoms with Gasteiger partial charge in [0.25, 0.3) is 0 Å². The highest BCUT2D eigenvalue weighted by Crippen LogP contribution is 2.29. The molecule has 2 heterocycles. The second-order valence-electron chi connectivity index (χ2n) is 4.25. The van der Waals surface area contributed by atoms with Gasteiger partial charge >= 0.3 is 0 Å². The van der Waals surface area contributed by atoms with Crippen molar-refractivity contribution in [3.8, 4) is 28.3 Å². The number of nitrogens with zero attached hydrogens (tertiary/aromatic N) is 3. The summed E-state index contributed by atoms with van der Waals surface area (Å²) in [5, 5.41) is 20.4. The Hall–Kier alpha value is -2.69. The zero-order valence-corrected chi connectivity index (χ0v) is 10.3. The molecule has 0 radical (unpaired) electrons. The van der Waals surface area contributed by atoms with Crippen molar-refractivity contribution < 1.29 is 5.11 Å². The molecule has 2 N–H and O–H groups in total. The molecule has 0 amide bonds. The van der Waals surface area contributed by atoms with Gasteiger partial charge in [-0.2, -0.15) is 15.4 Å². The van der Waals surface area contributed by atoms with Crippen LogP contribution in [0.1, 0.15) is 5.69 Å². The van der Waals surface area contributed by atoms with Crippen LogP contribution in [0.25, 0.3) is 22.5 Å². The molecule has 0 saturated heterocycles. The van der Waals surface area contributed by atoms with Gasteiger partial charge < -0.3 is 5.11 Å². The molecule has 0 atom stereocenters. The average molecular weight is 252 g/mol. The summed E-state index contributed by atoms with van der Waals surface area (Å²) in [6, 6.07) is 10.7. The summed E-state index contributed by atoms with van der Waals surface area (Å²) in [6.07, 6.45) is 1.75. The second-order valence-corrected chi connectivity index (χ2v) is 4.25. The molecule has 0 unspecified atom stereocenters. The van der Waals surface area contributed by atoms with Crippen molar-refractivity contribution >= 4 is 0 Å². The maximum Gasteiger partial charge on any atom is 0.120 e. The molecule has 2 aromatic heterocycles. The number of phenolic OH excluding ortho intramolecular Hbond substituents is 1. The first kappa shape index (κ1) is 11.4. The number of phenols is 1. The van der Waals surface area contributed by atoms with Crippen molar-refractivity contribution in [1.29, 1.82) is 0 Å². The van der Waals surface area contributed by atoms with Gasteiger partial charge in [0.05, 0.1) is 0 Å². The molecule has 0 spiro atoms. The molecule has 5 nitrogen and oxygen atoms in total. The fraction of sp³-hybridized carbons (Fsp3) is 0.0714. The minimum absolute atomic E-state index is 0.230. The topological polar surface area (TPSA) is 74.7 Å². The van der Waals surface area contributed by atoms with Crippen molar-refractivity contribution in [2.75, 3.05) is 0 Å². The maximum absolute atomic E-state index is 9.32. The Morgan fingerprint density at radius 1 is 0.947 bits per heavy atom. The zero-order valence-electron chi connectivity index (χ0n) is 10.3. The Morgan fingerprint density at radius 2 is 1.63 bits per heavy atom. The first-order valence-corrected chi connectivity index (χ1v) is 5.87. The van der Waals surface area contributed by atoms with Gasteiger partial charge in [0, 0.05) is 23.0 Å². The quantitative estimate of drug-likeness (QED) is 0.735. The molecular formula is C14H12N4O. The third-order valence-electron chi connectivity index (χ3n) is 2.86. The third kappa shape index (κ3) is 2.18. The summed E-state index contributed by atoms with van der Waals surface area (Å²) in [7, 11) is 0. The molecule has 5 heteroatoms. The van der Waals surface area contributed by atoms with E-state index >= 15 is 0 Å². The van der Waals surface area contributed by atoms with Crippen LogP contribution in [0.15, 0.2) is 42.6 Å². The van der Waals surface area contributed by atoms with Gasteiger partial charge in [0.2, 0.25) is 0 Å². The number of aromatic amines is 1. The molecular weight excluding hydrogens is 240 g/mol. The number of pyridine rings is 1. The number of aromatic hydroxyl groups is 1. The molecule has 0 aliphatic heterocycles. The number of hydrogen-bond acceptors (Lipinski definition) is 4. The van der Waals surface area contributed by atoms with Gasteiger partial charge in [-0.05, 0) is 43.3 Å². The number of nitrogens with one attached hydrogen (secondary N) is 1. The maximum atomic E-state index is 9.32. The summed E-state index contributed by atoms with van der Waals surface area (Å²) >= 11 is 0. The molecule has 0 bridgehead atoms. The summed E-state index contributed by atoms with van der Waals surface area (Å²) in [6.45, 7) is 1.93. The van der Waals surface area contributed by atoms with Gasteiger partial charge in [0.15, 0.2) is 0 Å². The molecule has 0 aliphatic rings. The van der Waals surface area contributed by atoms with Gasteiger partial charge in [-0.15, -0.1) is 0 Å².